The highest BCUT2D eigenvalue weighted by molar-refractivity contribution is 5.37. The molecular weight excluding hydrogens is 194 g/mol. The highest BCUT2D eigenvalue weighted by atomic mass is 14.6. The number of nitriles is 1. The summed E-state index contributed by atoms with van der Waals surface area (Å²) in [6.07, 6.45) is 7.64. The van der Waals surface area contributed by atoms with Crippen LogP contribution in [0.25, 0.3) is 0 Å². The maximum absolute atomic E-state index is 9.48. The molecule has 2 fully saturated rings. The van der Waals surface area contributed by atoms with Gasteiger partial charge >= 0.3 is 0 Å². The summed E-state index contributed by atoms with van der Waals surface area (Å²) < 4.78 is 0. The van der Waals surface area contributed by atoms with E-state index in [0.29, 0.717) is 5.41 Å². The summed E-state index contributed by atoms with van der Waals surface area (Å²) in [4.78, 5) is 0. The largest absolute Gasteiger partial charge is 0.197 e. The second-order valence-electron chi connectivity index (χ2n) is 5.62. The number of benzene rings is 1. The standard InChI is InChI=1S/C15H17N/c16-12-15(13-6-2-1-3-7-13)10-14(11-15)8-4-5-9-14/h1-3,6-7H,4-5,8-11H2. The van der Waals surface area contributed by atoms with Crippen LogP contribution in [0.4, 0.5) is 0 Å². The summed E-state index contributed by atoms with van der Waals surface area (Å²) in [7, 11) is 0. The fraction of sp³-hybridized carbons (Fsp3) is 0.533. The average Bonchev–Trinajstić information content (AvgIpc) is 2.76. The Morgan fingerprint density at radius 1 is 1.00 bits per heavy atom. The molecule has 0 unspecified atom stereocenters. The Kier molecular flexibility index (Phi) is 2.07. The van der Waals surface area contributed by atoms with E-state index in [0.717, 1.165) is 12.8 Å². The topological polar surface area (TPSA) is 23.8 Å². The minimum atomic E-state index is -0.161. The molecule has 0 N–H and O–H groups in total. The van der Waals surface area contributed by atoms with Gasteiger partial charge in [0.15, 0.2) is 0 Å². The molecule has 0 bridgehead atoms. The van der Waals surface area contributed by atoms with Gasteiger partial charge in [0.05, 0.1) is 11.5 Å². The molecule has 0 radical (unpaired) electrons. The molecule has 2 aliphatic carbocycles. The summed E-state index contributed by atoms with van der Waals surface area (Å²) in [6, 6.07) is 12.9. The van der Waals surface area contributed by atoms with Crippen LogP contribution in [0.15, 0.2) is 30.3 Å². The highest BCUT2D eigenvalue weighted by Crippen LogP contribution is 2.62. The van der Waals surface area contributed by atoms with Crippen molar-refractivity contribution >= 4 is 0 Å². The zero-order chi connectivity index (χ0) is 11.1. The molecule has 0 atom stereocenters. The minimum Gasteiger partial charge on any atom is -0.197 e. The lowest BCUT2D eigenvalue weighted by molar-refractivity contribution is 0.0648. The molecule has 0 saturated heterocycles. The highest BCUT2D eigenvalue weighted by Gasteiger charge is 2.56. The van der Waals surface area contributed by atoms with Gasteiger partial charge in [-0.05, 0) is 36.7 Å². The van der Waals surface area contributed by atoms with Crippen molar-refractivity contribution in [1.82, 2.24) is 0 Å². The number of rotatable bonds is 1. The average molecular weight is 211 g/mol. The minimum absolute atomic E-state index is 0.161. The molecular formula is C15H17N. The van der Waals surface area contributed by atoms with Crippen molar-refractivity contribution in [1.29, 1.82) is 5.26 Å². The first-order valence-electron chi connectivity index (χ1n) is 6.26. The van der Waals surface area contributed by atoms with E-state index in [9.17, 15) is 5.26 Å². The zero-order valence-electron chi connectivity index (χ0n) is 9.58. The van der Waals surface area contributed by atoms with Crippen LogP contribution in [0.3, 0.4) is 0 Å². The van der Waals surface area contributed by atoms with Gasteiger partial charge in [-0.15, -0.1) is 0 Å². The number of hydrogen-bond donors (Lipinski definition) is 0. The van der Waals surface area contributed by atoms with Crippen LogP contribution in [-0.2, 0) is 5.41 Å². The smallest absolute Gasteiger partial charge is 0.0833 e. The van der Waals surface area contributed by atoms with Crippen molar-refractivity contribution in [3.05, 3.63) is 35.9 Å². The Balaban J connectivity index is 1.87. The van der Waals surface area contributed by atoms with Crippen LogP contribution in [0, 0.1) is 16.7 Å². The summed E-state index contributed by atoms with van der Waals surface area (Å²) in [5, 5.41) is 9.48. The van der Waals surface area contributed by atoms with Crippen LogP contribution >= 0.6 is 0 Å². The molecule has 0 aliphatic heterocycles. The Labute approximate surface area is 97.1 Å². The van der Waals surface area contributed by atoms with Gasteiger partial charge in [0.25, 0.3) is 0 Å². The second-order valence-corrected chi connectivity index (χ2v) is 5.62. The number of hydrogen-bond acceptors (Lipinski definition) is 1. The molecule has 3 rings (SSSR count). The lowest BCUT2D eigenvalue weighted by atomic mass is 9.50. The SMILES string of the molecule is N#CC1(c2ccccc2)CC2(CCCC2)C1. The third-order valence-corrected chi connectivity index (χ3v) is 4.56. The lowest BCUT2D eigenvalue weighted by Crippen LogP contribution is -2.47. The van der Waals surface area contributed by atoms with Crippen molar-refractivity contribution in [3.63, 3.8) is 0 Å². The predicted octanol–water partition coefficient (Wildman–Crippen LogP) is 3.80. The van der Waals surface area contributed by atoms with Crippen LogP contribution < -0.4 is 0 Å². The Hall–Kier alpha value is -1.29. The zero-order valence-corrected chi connectivity index (χ0v) is 9.58. The van der Waals surface area contributed by atoms with Crippen molar-refractivity contribution in [2.75, 3.05) is 0 Å². The van der Waals surface area contributed by atoms with Gasteiger partial charge in [0.1, 0.15) is 0 Å². The van der Waals surface area contributed by atoms with Crippen LogP contribution in [0.1, 0.15) is 44.1 Å². The van der Waals surface area contributed by atoms with Gasteiger partial charge in [-0.25, -0.2) is 0 Å². The molecule has 1 nitrogen and oxygen atoms in total. The molecule has 16 heavy (non-hydrogen) atoms. The van der Waals surface area contributed by atoms with Crippen molar-refractivity contribution in [3.8, 4) is 6.07 Å². The van der Waals surface area contributed by atoms with E-state index < -0.39 is 0 Å². The summed E-state index contributed by atoms with van der Waals surface area (Å²) >= 11 is 0. The predicted molar refractivity (Wildman–Crippen MR) is 63.9 cm³/mol. The Morgan fingerprint density at radius 2 is 1.62 bits per heavy atom. The van der Waals surface area contributed by atoms with Gasteiger partial charge in [-0.2, -0.15) is 5.26 Å². The van der Waals surface area contributed by atoms with Gasteiger partial charge in [-0.1, -0.05) is 43.2 Å². The molecule has 2 saturated carbocycles. The fourth-order valence-corrected chi connectivity index (χ4v) is 3.81. The molecule has 82 valence electrons. The summed E-state index contributed by atoms with van der Waals surface area (Å²) in [5.74, 6) is 0. The summed E-state index contributed by atoms with van der Waals surface area (Å²) in [6.45, 7) is 0. The molecule has 1 aromatic rings. The van der Waals surface area contributed by atoms with E-state index in [1.165, 1.54) is 31.2 Å². The first-order valence-corrected chi connectivity index (χ1v) is 6.26. The Morgan fingerprint density at radius 3 is 2.19 bits per heavy atom. The number of nitrogens with zero attached hydrogens (tertiary/aromatic N) is 1. The van der Waals surface area contributed by atoms with Gasteiger partial charge in [-0.3, -0.25) is 0 Å². The first-order chi connectivity index (χ1) is 7.79. The van der Waals surface area contributed by atoms with Crippen LogP contribution in [0.5, 0.6) is 0 Å². The molecule has 2 aliphatic rings. The van der Waals surface area contributed by atoms with E-state index in [4.69, 9.17) is 0 Å². The molecule has 1 heteroatoms. The monoisotopic (exact) mass is 211 g/mol. The van der Waals surface area contributed by atoms with Gasteiger partial charge in [0, 0.05) is 0 Å². The lowest BCUT2D eigenvalue weighted by Gasteiger charge is -2.51. The summed E-state index contributed by atoms with van der Waals surface area (Å²) in [5.41, 5.74) is 1.60. The molecule has 0 heterocycles. The third kappa shape index (κ3) is 1.29. The van der Waals surface area contributed by atoms with E-state index in [1.807, 2.05) is 18.2 Å². The maximum atomic E-state index is 9.48. The fourth-order valence-electron chi connectivity index (χ4n) is 3.81. The first kappa shape index (κ1) is 9.90. The maximum Gasteiger partial charge on any atom is 0.0833 e. The molecule has 0 amide bonds. The van der Waals surface area contributed by atoms with E-state index in [2.05, 4.69) is 18.2 Å². The second kappa shape index (κ2) is 3.35. The van der Waals surface area contributed by atoms with Gasteiger partial charge < -0.3 is 0 Å². The molecule has 0 aromatic heterocycles. The van der Waals surface area contributed by atoms with E-state index >= 15 is 0 Å². The van der Waals surface area contributed by atoms with E-state index in [-0.39, 0.29) is 5.41 Å². The van der Waals surface area contributed by atoms with Gasteiger partial charge in [0.2, 0.25) is 0 Å². The third-order valence-electron chi connectivity index (χ3n) is 4.56. The quantitative estimate of drug-likeness (QED) is 0.693. The van der Waals surface area contributed by atoms with Crippen LogP contribution in [0.2, 0.25) is 0 Å². The Bertz CT molecular complexity index is 412. The molecule has 1 aromatic carbocycles. The molecule has 1 spiro atoms. The van der Waals surface area contributed by atoms with Crippen molar-refractivity contribution in [2.45, 2.75) is 43.9 Å². The van der Waals surface area contributed by atoms with Crippen molar-refractivity contribution in [2.24, 2.45) is 5.41 Å². The van der Waals surface area contributed by atoms with Crippen molar-refractivity contribution < 1.29 is 0 Å². The normalized spacial score (nSPS) is 24.9. The van der Waals surface area contributed by atoms with E-state index in [1.54, 1.807) is 0 Å². The van der Waals surface area contributed by atoms with Crippen LogP contribution in [-0.4, -0.2) is 0 Å².